The number of benzene rings is 2. The Bertz CT molecular complexity index is 1730. The van der Waals surface area contributed by atoms with Gasteiger partial charge in [0.15, 0.2) is 11.5 Å². The van der Waals surface area contributed by atoms with Gasteiger partial charge in [0, 0.05) is 35.3 Å². The Morgan fingerprint density at radius 1 is 1.00 bits per heavy atom. The lowest BCUT2D eigenvalue weighted by Gasteiger charge is -2.23. The summed E-state index contributed by atoms with van der Waals surface area (Å²) in [6.07, 6.45) is -0.740. The van der Waals surface area contributed by atoms with Gasteiger partial charge >= 0.3 is 6.18 Å². The molecular weight excluding hydrogens is 570 g/mol. The average molecular weight is 594 g/mol. The van der Waals surface area contributed by atoms with Crippen molar-refractivity contribution < 1.29 is 31.9 Å². The van der Waals surface area contributed by atoms with E-state index in [-0.39, 0.29) is 23.6 Å². The second-order valence-corrected chi connectivity index (χ2v) is 11.4. The molecule has 214 valence electrons. The van der Waals surface area contributed by atoms with Gasteiger partial charge in [-0.1, -0.05) is 18.2 Å². The zero-order valence-corrected chi connectivity index (χ0v) is 22.8. The highest BCUT2D eigenvalue weighted by Gasteiger charge is 2.37. The van der Waals surface area contributed by atoms with Crippen molar-refractivity contribution in [3.05, 3.63) is 99.9 Å². The molecule has 1 aliphatic carbocycles. The molecule has 0 bridgehead atoms. The zero-order valence-electron chi connectivity index (χ0n) is 22.0. The number of nitrogens with zero attached hydrogens (tertiary/aromatic N) is 2. The summed E-state index contributed by atoms with van der Waals surface area (Å²) in [7, 11) is 0. The molecule has 4 aromatic rings. The highest BCUT2D eigenvalue weighted by molar-refractivity contribution is 7.17. The summed E-state index contributed by atoms with van der Waals surface area (Å²) in [4.78, 5) is 45.3. The summed E-state index contributed by atoms with van der Waals surface area (Å²) < 4.78 is 55.1. The number of alkyl halides is 3. The molecule has 6 nitrogen and oxygen atoms in total. The van der Waals surface area contributed by atoms with E-state index in [0.717, 1.165) is 47.2 Å². The van der Waals surface area contributed by atoms with Crippen LogP contribution in [0.5, 0.6) is 0 Å². The van der Waals surface area contributed by atoms with Crippen LogP contribution in [0.1, 0.15) is 60.9 Å². The van der Waals surface area contributed by atoms with E-state index in [4.69, 9.17) is 0 Å². The molecule has 0 radical (unpaired) electrons. The van der Waals surface area contributed by atoms with E-state index in [1.807, 2.05) is 18.2 Å². The Balaban J connectivity index is 1.24. The molecule has 0 unspecified atom stereocenters. The molecule has 1 aliphatic heterocycles. The minimum atomic E-state index is -4.85. The van der Waals surface area contributed by atoms with E-state index in [9.17, 15) is 27.6 Å². The molecule has 0 saturated heterocycles. The van der Waals surface area contributed by atoms with E-state index >= 15 is 4.39 Å². The van der Waals surface area contributed by atoms with Crippen LogP contribution < -0.4 is 10.2 Å². The van der Waals surface area contributed by atoms with Crippen molar-refractivity contribution in [2.45, 2.75) is 31.9 Å². The first-order valence-electron chi connectivity index (χ1n) is 13.3. The second kappa shape index (κ2) is 10.8. The summed E-state index contributed by atoms with van der Waals surface area (Å²) in [5, 5.41) is 2.25. The van der Waals surface area contributed by atoms with E-state index in [1.54, 1.807) is 12.1 Å². The van der Waals surface area contributed by atoms with Crippen molar-refractivity contribution in [2.75, 3.05) is 16.8 Å². The topological polar surface area (TPSA) is 79.4 Å². The SMILES string of the molecule is O=C(CC1CC1)c1cc2c(s1)-c1ccccc1N(C(=O)c1ccc(NC(=O)c3cccnc3C(F)(F)F)cc1F)CC2. The summed E-state index contributed by atoms with van der Waals surface area (Å²) in [6.45, 7) is 0.245. The van der Waals surface area contributed by atoms with Crippen LogP contribution in [0.25, 0.3) is 10.4 Å². The molecule has 3 heterocycles. The largest absolute Gasteiger partial charge is 0.434 e. The number of halogens is 4. The van der Waals surface area contributed by atoms with Gasteiger partial charge in [0.2, 0.25) is 0 Å². The Morgan fingerprint density at radius 2 is 1.79 bits per heavy atom. The summed E-state index contributed by atoms with van der Waals surface area (Å²) in [5.41, 5.74) is -0.140. The molecule has 2 aromatic heterocycles. The van der Waals surface area contributed by atoms with Gasteiger partial charge in [-0.05, 0) is 73.2 Å². The Labute approximate surface area is 242 Å². The molecule has 42 heavy (non-hydrogen) atoms. The number of nitrogens with one attached hydrogen (secondary N) is 1. The summed E-state index contributed by atoms with van der Waals surface area (Å²) >= 11 is 1.41. The first kappa shape index (κ1) is 27.8. The van der Waals surface area contributed by atoms with Crippen LogP contribution in [0.4, 0.5) is 28.9 Å². The van der Waals surface area contributed by atoms with Crippen molar-refractivity contribution in [1.29, 1.82) is 0 Å². The fourth-order valence-corrected chi connectivity index (χ4v) is 6.25. The molecule has 11 heteroatoms. The van der Waals surface area contributed by atoms with Gasteiger partial charge in [-0.3, -0.25) is 19.4 Å². The van der Waals surface area contributed by atoms with Crippen molar-refractivity contribution >= 4 is 40.3 Å². The Kier molecular flexibility index (Phi) is 7.14. The molecule has 2 aliphatic rings. The number of fused-ring (bicyclic) bond motifs is 3. The van der Waals surface area contributed by atoms with Gasteiger partial charge < -0.3 is 10.2 Å². The fourth-order valence-electron chi connectivity index (χ4n) is 5.05. The number of anilines is 2. The molecule has 1 N–H and O–H groups in total. The van der Waals surface area contributed by atoms with Gasteiger partial charge in [0.1, 0.15) is 5.82 Å². The number of para-hydroxylation sites is 1. The van der Waals surface area contributed by atoms with Crippen LogP contribution in [0.2, 0.25) is 0 Å². The van der Waals surface area contributed by atoms with Crippen molar-refractivity contribution in [2.24, 2.45) is 5.92 Å². The number of rotatable bonds is 6. The minimum Gasteiger partial charge on any atom is -0.322 e. The maximum Gasteiger partial charge on any atom is 0.434 e. The molecule has 6 rings (SSSR count). The van der Waals surface area contributed by atoms with Crippen LogP contribution in [0.3, 0.4) is 0 Å². The van der Waals surface area contributed by atoms with Crippen LogP contribution in [-0.4, -0.2) is 29.1 Å². The number of Topliss-reactive ketones (excluding diaryl/α,β-unsaturated/α-hetero) is 1. The van der Waals surface area contributed by atoms with Crippen LogP contribution in [0, 0.1) is 11.7 Å². The third-order valence-corrected chi connectivity index (χ3v) is 8.57. The lowest BCUT2D eigenvalue weighted by atomic mass is 10.1. The van der Waals surface area contributed by atoms with E-state index in [1.165, 1.54) is 34.4 Å². The van der Waals surface area contributed by atoms with E-state index < -0.39 is 35.1 Å². The van der Waals surface area contributed by atoms with Gasteiger partial charge in [0.05, 0.1) is 21.7 Å². The first-order chi connectivity index (χ1) is 20.1. The average Bonchev–Trinajstić information content (AvgIpc) is 3.70. The maximum absolute atomic E-state index is 15.3. The van der Waals surface area contributed by atoms with Crippen LogP contribution in [0.15, 0.2) is 66.9 Å². The van der Waals surface area contributed by atoms with Crippen LogP contribution in [-0.2, 0) is 12.6 Å². The van der Waals surface area contributed by atoms with Crippen molar-refractivity contribution in [3.8, 4) is 10.4 Å². The number of aromatic nitrogens is 1. The Hall–Kier alpha value is -4.38. The molecular formula is C31H23F4N3O3S. The predicted molar refractivity (Wildman–Crippen MR) is 150 cm³/mol. The molecule has 0 atom stereocenters. The summed E-state index contributed by atoms with van der Waals surface area (Å²) in [5.74, 6) is -2.05. The number of carbonyl (C=O) groups excluding carboxylic acids is 3. The van der Waals surface area contributed by atoms with Gasteiger partial charge in [-0.15, -0.1) is 11.3 Å². The lowest BCUT2D eigenvalue weighted by Crippen LogP contribution is -2.33. The second-order valence-electron chi connectivity index (χ2n) is 10.3. The molecule has 2 aromatic carbocycles. The van der Waals surface area contributed by atoms with Crippen LogP contribution >= 0.6 is 11.3 Å². The maximum atomic E-state index is 15.3. The Morgan fingerprint density at radius 3 is 2.52 bits per heavy atom. The number of hydrogen-bond acceptors (Lipinski definition) is 5. The monoisotopic (exact) mass is 593 g/mol. The number of amides is 2. The fraction of sp³-hybridized carbons (Fsp3) is 0.226. The van der Waals surface area contributed by atoms with Crippen molar-refractivity contribution in [3.63, 3.8) is 0 Å². The quantitative estimate of drug-likeness (QED) is 0.187. The predicted octanol–water partition coefficient (Wildman–Crippen LogP) is 7.41. The third kappa shape index (κ3) is 5.44. The molecule has 1 saturated carbocycles. The molecule has 2 amide bonds. The number of thiophene rings is 1. The highest BCUT2D eigenvalue weighted by Crippen LogP contribution is 2.43. The third-order valence-electron chi connectivity index (χ3n) is 7.32. The van der Waals surface area contributed by atoms with E-state index in [0.29, 0.717) is 29.3 Å². The minimum absolute atomic E-state index is 0.118. The van der Waals surface area contributed by atoms with Gasteiger partial charge in [0.25, 0.3) is 11.8 Å². The zero-order chi connectivity index (χ0) is 29.6. The molecule has 1 fully saturated rings. The number of hydrogen-bond donors (Lipinski definition) is 1. The van der Waals surface area contributed by atoms with E-state index in [2.05, 4.69) is 10.3 Å². The lowest BCUT2D eigenvalue weighted by molar-refractivity contribution is -0.141. The van der Waals surface area contributed by atoms with Gasteiger partial charge in [-0.25, -0.2) is 4.39 Å². The van der Waals surface area contributed by atoms with Gasteiger partial charge in [-0.2, -0.15) is 13.2 Å². The summed E-state index contributed by atoms with van der Waals surface area (Å²) in [6, 6.07) is 14.7. The molecule has 0 spiro atoms. The highest BCUT2D eigenvalue weighted by atomic mass is 32.1. The smallest absolute Gasteiger partial charge is 0.322 e. The number of carbonyl (C=O) groups is 3. The van der Waals surface area contributed by atoms with Crippen molar-refractivity contribution in [1.82, 2.24) is 4.98 Å². The standard InChI is InChI=1S/C31H23F4N3O3S/c32-23-16-19(37-29(40)22-5-3-12-36-28(22)31(33,34)35)9-10-20(23)30(41)38-13-11-18-15-26(25(39)14-17-7-8-17)42-27(18)21-4-1-2-6-24(21)38/h1-6,9-10,12,15-17H,7-8,11,13-14H2,(H,37,40). The normalized spacial score (nSPS) is 14.5. The number of pyridine rings is 1. The number of ketones is 1. The first-order valence-corrected chi connectivity index (χ1v) is 14.1.